The molecule has 0 aromatic carbocycles. The van der Waals surface area contributed by atoms with Crippen molar-refractivity contribution in [3.05, 3.63) is 0 Å². The zero-order valence-corrected chi connectivity index (χ0v) is 11.7. The second-order valence-corrected chi connectivity index (χ2v) is 5.97. The molecule has 100 valence electrons. The van der Waals surface area contributed by atoms with Gasteiger partial charge in [-0.05, 0) is 39.0 Å². The summed E-state index contributed by atoms with van der Waals surface area (Å²) in [5.74, 6) is 1.05. The van der Waals surface area contributed by atoms with Crippen LogP contribution in [-0.4, -0.2) is 30.4 Å². The van der Waals surface area contributed by atoms with Gasteiger partial charge in [0.05, 0.1) is 5.41 Å². The molecule has 17 heavy (non-hydrogen) atoms. The summed E-state index contributed by atoms with van der Waals surface area (Å²) < 4.78 is 0. The number of rotatable bonds is 4. The number of hydrogen-bond acceptors (Lipinski definition) is 2. The van der Waals surface area contributed by atoms with Crippen molar-refractivity contribution < 1.29 is 4.79 Å². The van der Waals surface area contributed by atoms with E-state index in [-0.39, 0.29) is 5.91 Å². The lowest BCUT2D eigenvalue weighted by Crippen LogP contribution is -2.45. The van der Waals surface area contributed by atoms with E-state index in [4.69, 9.17) is 5.73 Å². The smallest absolute Gasteiger partial charge is 0.229 e. The van der Waals surface area contributed by atoms with Crippen molar-refractivity contribution in [1.82, 2.24) is 4.90 Å². The molecule has 0 radical (unpaired) electrons. The minimum atomic E-state index is -0.398. The van der Waals surface area contributed by atoms with Crippen LogP contribution in [0.5, 0.6) is 0 Å². The summed E-state index contributed by atoms with van der Waals surface area (Å²) in [5, 5.41) is 0. The lowest BCUT2D eigenvalue weighted by Gasteiger charge is -2.30. The summed E-state index contributed by atoms with van der Waals surface area (Å²) in [7, 11) is 0. The van der Waals surface area contributed by atoms with Crippen LogP contribution >= 0.6 is 0 Å². The Morgan fingerprint density at radius 1 is 1.35 bits per heavy atom. The van der Waals surface area contributed by atoms with Crippen LogP contribution in [0.2, 0.25) is 0 Å². The average molecular weight is 240 g/mol. The quantitative estimate of drug-likeness (QED) is 0.820. The molecule has 1 amide bonds. The molecule has 1 aliphatic rings. The molecule has 0 aromatic heterocycles. The Bertz CT molecular complexity index is 251. The number of nitrogens with two attached hydrogens (primary N) is 1. The molecule has 3 nitrogen and oxygen atoms in total. The van der Waals surface area contributed by atoms with Crippen molar-refractivity contribution in [3.8, 4) is 0 Å². The van der Waals surface area contributed by atoms with E-state index in [1.165, 1.54) is 25.7 Å². The van der Waals surface area contributed by atoms with Gasteiger partial charge in [0.15, 0.2) is 0 Å². The molecule has 3 heteroatoms. The monoisotopic (exact) mass is 240 g/mol. The maximum Gasteiger partial charge on any atom is 0.229 e. The number of hydrogen-bond donors (Lipinski definition) is 1. The highest BCUT2D eigenvalue weighted by atomic mass is 16.2. The van der Waals surface area contributed by atoms with Gasteiger partial charge < -0.3 is 10.6 Å². The van der Waals surface area contributed by atoms with Crippen LogP contribution in [0.1, 0.15) is 52.9 Å². The third-order valence-electron chi connectivity index (χ3n) is 3.92. The van der Waals surface area contributed by atoms with Gasteiger partial charge in [0, 0.05) is 19.6 Å². The predicted octanol–water partition coefficient (Wildman–Crippen LogP) is 2.40. The van der Waals surface area contributed by atoms with Gasteiger partial charge in [0.2, 0.25) is 5.91 Å². The van der Waals surface area contributed by atoms with Gasteiger partial charge in [-0.15, -0.1) is 0 Å². The molecule has 0 spiro atoms. The third-order valence-corrected chi connectivity index (χ3v) is 3.92. The van der Waals surface area contributed by atoms with Crippen LogP contribution in [0.15, 0.2) is 0 Å². The topological polar surface area (TPSA) is 46.3 Å². The number of likely N-dealkylation sites (tertiary alicyclic amines) is 1. The van der Waals surface area contributed by atoms with Crippen molar-refractivity contribution >= 4 is 5.91 Å². The fourth-order valence-electron chi connectivity index (χ4n) is 2.58. The minimum absolute atomic E-state index is 0.233. The van der Waals surface area contributed by atoms with Crippen molar-refractivity contribution in [1.29, 1.82) is 0 Å². The fraction of sp³-hybridized carbons (Fsp3) is 0.929. The molecule has 1 aliphatic heterocycles. The molecule has 0 saturated carbocycles. The van der Waals surface area contributed by atoms with Crippen LogP contribution in [0.25, 0.3) is 0 Å². The van der Waals surface area contributed by atoms with E-state index < -0.39 is 5.41 Å². The molecule has 1 rings (SSSR count). The first-order chi connectivity index (χ1) is 8.01. The van der Waals surface area contributed by atoms with Gasteiger partial charge >= 0.3 is 0 Å². The van der Waals surface area contributed by atoms with Crippen molar-refractivity contribution in [3.63, 3.8) is 0 Å². The fourth-order valence-corrected chi connectivity index (χ4v) is 2.58. The maximum atomic E-state index is 12.3. The van der Waals surface area contributed by atoms with Crippen molar-refractivity contribution in [2.24, 2.45) is 17.1 Å². The molecule has 2 N–H and O–H groups in total. The van der Waals surface area contributed by atoms with Crippen LogP contribution < -0.4 is 5.73 Å². The van der Waals surface area contributed by atoms with Crippen molar-refractivity contribution in [2.75, 3.05) is 19.6 Å². The van der Waals surface area contributed by atoms with E-state index in [1.807, 2.05) is 18.7 Å². The number of amides is 1. The minimum Gasteiger partial charge on any atom is -0.342 e. The van der Waals surface area contributed by atoms with E-state index >= 15 is 0 Å². The Morgan fingerprint density at radius 3 is 2.65 bits per heavy atom. The molecule has 1 fully saturated rings. The second kappa shape index (κ2) is 6.39. The SMILES string of the molecule is CCCC1CCCN(C(=O)C(C)(C)CN)CC1. The van der Waals surface area contributed by atoms with Crippen LogP contribution in [0, 0.1) is 11.3 Å². The van der Waals surface area contributed by atoms with Gasteiger partial charge in [0.1, 0.15) is 0 Å². The summed E-state index contributed by atoms with van der Waals surface area (Å²) in [6, 6.07) is 0. The van der Waals surface area contributed by atoms with E-state index in [9.17, 15) is 4.79 Å². The van der Waals surface area contributed by atoms with E-state index in [2.05, 4.69) is 6.92 Å². The second-order valence-electron chi connectivity index (χ2n) is 5.97. The van der Waals surface area contributed by atoms with Crippen LogP contribution in [-0.2, 0) is 4.79 Å². The summed E-state index contributed by atoms with van der Waals surface area (Å²) in [6.45, 7) is 8.41. The first-order valence-corrected chi connectivity index (χ1v) is 7.00. The lowest BCUT2D eigenvalue weighted by molar-refractivity contribution is -0.139. The highest BCUT2D eigenvalue weighted by Crippen LogP contribution is 2.25. The maximum absolute atomic E-state index is 12.3. The predicted molar refractivity (Wildman–Crippen MR) is 71.7 cm³/mol. The molecular formula is C14H28N2O. The summed E-state index contributed by atoms with van der Waals surface area (Å²) in [4.78, 5) is 14.3. The van der Waals surface area contributed by atoms with E-state index in [0.29, 0.717) is 6.54 Å². The van der Waals surface area contributed by atoms with E-state index in [1.54, 1.807) is 0 Å². The van der Waals surface area contributed by atoms with Gasteiger partial charge in [-0.2, -0.15) is 0 Å². The molecular weight excluding hydrogens is 212 g/mol. The zero-order valence-electron chi connectivity index (χ0n) is 11.7. The summed E-state index contributed by atoms with van der Waals surface area (Å²) in [5.41, 5.74) is 5.28. The van der Waals surface area contributed by atoms with E-state index in [0.717, 1.165) is 25.4 Å². The molecule has 0 bridgehead atoms. The molecule has 1 saturated heterocycles. The van der Waals surface area contributed by atoms with Gasteiger partial charge in [-0.25, -0.2) is 0 Å². The Morgan fingerprint density at radius 2 is 2.06 bits per heavy atom. The van der Waals surface area contributed by atoms with Crippen LogP contribution in [0.4, 0.5) is 0 Å². The molecule has 0 aromatic rings. The Labute approximate surface area is 106 Å². The highest BCUT2D eigenvalue weighted by Gasteiger charge is 2.31. The zero-order chi connectivity index (χ0) is 12.9. The number of carbonyl (C=O) groups is 1. The standard InChI is InChI=1S/C14H28N2O/c1-4-6-12-7-5-9-16(10-8-12)13(17)14(2,3)11-15/h12H,4-11,15H2,1-3H3. The van der Waals surface area contributed by atoms with Crippen molar-refractivity contribution in [2.45, 2.75) is 52.9 Å². The first-order valence-electron chi connectivity index (χ1n) is 7.00. The normalized spacial score (nSPS) is 22.4. The lowest BCUT2D eigenvalue weighted by atomic mass is 9.91. The van der Waals surface area contributed by atoms with Gasteiger partial charge in [-0.3, -0.25) is 4.79 Å². The molecule has 1 heterocycles. The largest absolute Gasteiger partial charge is 0.342 e. The molecule has 1 unspecified atom stereocenters. The highest BCUT2D eigenvalue weighted by molar-refractivity contribution is 5.82. The van der Waals surface area contributed by atoms with Gasteiger partial charge in [0.25, 0.3) is 0 Å². The summed E-state index contributed by atoms with van der Waals surface area (Å²) in [6.07, 6.45) is 6.16. The third kappa shape index (κ3) is 3.98. The molecule has 1 atom stereocenters. The first kappa shape index (κ1) is 14.5. The van der Waals surface area contributed by atoms with Gasteiger partial charge in [-0.1, -0.05) is 19.8 Å². The number of nitrogens with zero attached hydrogens (tertiary/aromatic N) is 1. The Kier molecular flexibility index (Phi) is 5.44. The molecule has 0 aliphatic carbocycles. The number of carbonyl (C=O) groups excluding carboxylic acids is 1. The Hall–Kier alpha value is -0.570. The Balaban J connectivity index is 2.54. The summed E-state index contributed by atoms with van der Waals surface area (Å²) >= 11 is 0. The average Bonchev–Trinajstić information content (AvgIpc) is 2.54. The van der Waals surface area contributed by atoms with Crippen LogP contribution in [0.3, 0.4) is 0 Å².